The Morgan fingerprint density at radius 2 is 0.391 bits per heavy atom. The van der Waals surface area contributed by atoms with Gasteiger partial charge in [-0.25, -0.2) is 0 Å². The van der Waals surface area contributed by atoms with Crippen molar-refractivity contribution < 1.29 is 0 Å². The Hall–Kier alpha value is -8.46. The minimum Gasteiger partial charge on any atom is -0.310 e. The van der Waals surface area contributed by atoms with E-state index < -0.39 is 0 Å². The lowest BCUT2D eigenvalue weighted by atomic mass is 10.0. The molecule has 0 unspecified atom stereocenters. The predicted molar refractivity (Wildman–Crippen MR) is 276 cm³/mol. The van der Waals surface area contributed by atoms with Gasteiger partial charge in [0.1, 0.15) is 0 Å². The van der Waals surface area contributed by atoms with Gasteiger partial charge in [0.05, 0.1) is 0 Å². The van der Waals surface area contributed by atoms with Crippen LogP contribution >= 0.6 is 0 Å². The Labute approximate surface area is 372 Å². The first kappa shape index (κ1) is 37.3. The molecule has 0 aliphatic heterocycles. The van der Waals surface area contributed by atoms with Gasteiger partial charge in [0.2, 0.25) is 0 Å². The molecule has 0 saturated heterocycles. The van der Waals surface area contributed by atoms with Crippen LogP contribution in [0.25, 0.3) is 76.8 Å². The Balaban J connectivity index is 0.848. The maximum Gasteiger partial charge on any atom is 0.0468 e. The van der Waals surface area contributed by atoms with Gasteiger partial charge >= 0.3 is 0 Å². The molecule has 0 aliphatic carbocycles. The van der Waals surface area contributed by atoms with Crippen LogP contribution in [-0.4, -0.2) is 0 Å². The molecule has 0 amide bonds. The van der Waals surface area contributed by atoms with Crippen molar-refractivity contribution in [2.75, 3.05) is 9.80 Å². The van der Waals surface area contributed by atoms with E-state index in [1.54, 1.807) is 0 Å². The number of benzene rings is 12. The van der Waals surface area contributed by atoms with Crippen LogP contribution in [0.2, 0.25) is 0 Å². The highest BCUT2D eigenvalue weighted by Crippen LogP contribution is 2.41. The Morgan fingerprint density at radius 1 is 0.188 bits per heavy atom. The highest BCUT2D eigenvalue weighted by atomic mass is 15.1. The van der Waals surface area contributed by atoms with E-state index >= 15 is 0 Å². The zero-order chi connectivity index (χ0) is 42.4. The number of nitrogens with zero attached hydrogens (tertiary/aromatic N) is 2. The largest absolute Gasteiger partial charge is 0.310 e. The van der Waals surface area contributed by atoms with Crippen molar-refractivity contribution in [2.24, 2.45) is 0 Å². The first-order valence-corrected chi connectivity index (χ1v) is 22.0. The topological polar surface area (TPSA) is 6.48 Å². The zero-order valence-electron chi connectivity index (χ0n) is 35.1. The molecule has 0 spiro atoms. The van der Waals surface area contributed by atoms with Crippen molar-refractivity contribution in [3.63, 3.8) is 0 Å². The quantitative estimate of drug-likeness (QED) is 0.141. The van der Waals surface area contributed by atoms with E-state index in [1.165, 1.54) is 64.6 Å². The van der Waals surface area contributed by atoms with Crippen LogP contribution in [-0.2, 0) is 0 Å². The van der Waals surface area contributed by atoms with Gasteiger partial charge < -0.3 is 9.80 Å². The third kappa shape index (κ3) is 7.07. The molecule has 0 heterocycles. The van der Waals surface area contributed by atoms with Crippen LogP contribution in [0.1, 0.15) is 11.1 Å². The highest BCUT2D eigenvalue weighted by molar-refractivity contribution is 5.98. The summed E-state index contributed by atoms with van der Waals surface area (Å²) in [5, 5.41) is 14.6. The summed E-state index contributed by atoms with van der Waals surface area (Å²) < 4.78 is 0. The first-order chi connectivity index (χ1) is 31.6. The van der Waals surface area contributed by atoms with Gasteiger partial charge in [0, 0.05) is 34.1 Å². The molecule has 0 aliphatic rings. The van der Waals surface area contributed by atoms with Gasteiger partial charge in [0.25, 0.3) is 0 Å². The van der Waals surface area contributed by atoms with E-state index in [2.05, 4.69) is 265 Å². The van der Waals surface area contributed by atoms with Crippen molar-refractivity contribution in [1.29, 1.82) is 0 Å². The summed E-state index contributed by atoms with van der Waals surface area (Å²) in [4.78, 5) is 4.75. The minimum atomic E-state index is 1.12. The lowest BCUT2D eigenvalue weighted by Crippen LogP contribution is -2.10. The maximum absolute atomic E-state index is 2.37. The third-order valence-corrected chi connectivity index (χ3v) is 12.6. The molecule has 12 aromatic carbocycles. The van der Waals surface area contributed by atoms with Crippen molar-refractivity contribution in [3.05, 3.63) is 254 Å². The Morgan fingerprint density at radius 3 is 0.672 bits per heavy atom. The Bertz CT molecular complexity index is 3360. The normalized spacial score (nSPS) is 11.7. The molecular formula is C62H42N2. The maximum atomic E-state index is 2.37. The lowest BCUT2D eigenvalue weighted by Gasteiger charge is -2.26. The number of rotatable bonds is 8. The summed E-state index contributed by atoms with van der Waals surface area (Å²) >= 11 is 0. The van der Waals surface area contributed by atoms with Gasteiger partial charge in [-0.15, -0.1) is 0 Å². The summed E-state index contributed by atoms with van der Waals surface area (Å²) in [7, 11) is 0. The van der Waals surface area contributed by atoms with Gasteiger partial charge in [0.15, 0.2) is 0 Å². The van der Waals surface area contributed by atoms with Gasteiger partial charge in [-0.05, 0) is 161 Å². The molecule has 2 nitrogen and oxygen atoms in total. The Kier molecular flexibility index (Phi) is 9.20. The van der Waals surface area contributed by atoms with E-state index in [9.17, 15) is 0 Å². The van der Waals surface area contributed by atoms with Crippen LogP contribution in [0.15, 0.2) is 243 Å². The molecule has 0 fully saturated rings. The molecule has 0 bridgehead atoms. The van der Waals surface area contributed by atoms with E-state index in [-0.39, 0.29) is 0 Å². The fourth-order valence-corrected chi connectivity index (χ4v) is 9.34. The van der Waals surface area contributed by atoms with E-state index in [1.807, 2.05) is 0 Å². The number of anilines is 6. The van der Waals surface area contributed by atoms with Gasteiger partial charge in [-0.1, -0.05) is 170 Å². The summed E-state index contributed by atoms with van der Waals surface area (Å²) in [5.41, 5.74) is 9.10. The average molecular weight is 815 g/mol. The van der Waals surface area contributed by atoms with E-state index in [0.29, 0.717) is 0 Å². The summed E-state index contributed by atoms with van der Waals surface area (Å²) in [6.07, 6.45) is 4.45. The lowest BCUT2D eigenvalue weighted by molar-refractivity contribution is 1.30. The van der Waals surface area contributed by atoms with Crippen molar-refractivity contribution in [1.82, 2.24) is 0 Å². The van der Waals surface area contributed by atoms with Gasteiger partial charge in [-0.2, -0.15) is 0 Å². The molecular weight excluding hydrogens is 773 g/mol. The number of hydrogen-bond acceptors (Lipinski definition) is 2. The zero-order valence-corrected chi connectivity index (χ0v) is 35.1. The second kappa shape index (κ2) is 15.8. The second-order valence-corrected chi connectivity index (χ2v) is 16.7. The molecule has 12 rings (SSSR count). The molecule has 0 saturated carbocycles. The van der Waals surface area contributed by atoms with Crippen LogP contribution in [0, 0.1) is 0 Å². The van der Waals surface area contributed by atoms with Gasteiger partial charge in [-0.3, -0.25) is 0 Å². The molecule has 64 heavy (non-hydrogen) atoms. The fraction of sp³-hybridized carbons (Fsp3) is 0. The number of hydrogen-bond donors (Lipinski definition) is 0. The van der Waals surface area contributed by atoms with E-state index in [0.717, 1.165) is 45.3 Å². The standard InChI is InChI=1S/C62H42N2/c1-5-13-49-37-57(29-23-45(49)9-1)63(58-30-24-46-10-2-6-14-50(46)38-58)61-33-27-53-35-43(19-21-55(53)41-61)17-18-44-20-22-56-42-62(34-28-54(56)36-44)64(59-31-25-47-11-3-7-15-51(47)39-59)60-32-26-48-12-4-8-16-52(48)40-60/h1-42H/b18-17+. The summed E-state index contributed by atoms with van der Waals surface area (Å²) in [5.74, 6) is 0. The monoisotopic (exact) mass is 814 g/mol. The fourth-order valence-electron chi connectivity index (χ4n) is 9.34. The molecule has 0 radical (unpaired) electrons. The molecule has 12 aromatic rings. The minimum absolute atomic E-state index is 1.12. The van der Waals surface area contributed by atoms with Crippen LogP contribution in [0.5, 0.6) is 0 Å². The van der Waals surface area contributed by atoms with Crippen molar-refractivity contribution in [2.45, 2.75) is 0 Å². The smallest absolute Gasteiger partial charge is 0.0468 e. The molecule has 2 heteroatoms. The van der Waals surface area contributed by atoms with Crippen LogP contribution in [0.4, 0.5) is 34.1 Å². The molecule has 0 aromatic heterocycles. The van der Waals surface area contributed by atoms with Crippen molar-refractivity contribution >= 4 is 111 Å². The summed E-state index contributed by atoms with van der Waals surface area (Å²) in [6, 6.07) is 88.4. The summed E-state index contributed by atoms with van der Waals surface area (Å²) in [6.45, 7) is 0. The molecule has 0 atom stereocenters. The number of fused-ring (bicyclic) bond motifs is 6. The SMILES string of the molecule is C(=C\c1ccc2cc(N(c3ccc4ccccc4c3)c3ccc4ccccc4c3)ccc2c1)/c1ccc2cc(N(c3ccc4ccccc4c3)c3ccc4ccccc4c3)ccc2c1. The predicted octanol–water partition coefficient (Wildman–Crippen LogP) is 17.7. The van der Waals surface area contributed by atoms with Crippen molar-refractivity contribution in [3.8, 4) is 0 Å². The molecule has 0 N–H and O–H groups in total. The average Bonchev–Trinajstić information content (AvgIpc) is 3.35. The first-order valence-electron chi connectivity index (χ1n) is 22.0. The molecule has 300 valence electrons. The third-order valence-electron chi connectivity index (χ3n) is 12.6. The van der Waals surface area contributed by atoms with E-state index in [4.69, 9.17) is 0 Å². The second-order valence-electron chi connectivity index (χ2n) is 16.7. The highest BCUT2D eigenvalue weighted by Gasteiger charge is 2.16. The van der Waals surface area contributed by atoms with Crippen LogP contribution in [0.3, 0.4) is 0 Å². The van der Waals surface area contributed by atoms with Crippen LogP contribution < -0.4 is 9.80 Å².